The minimum absolute atomic E-state index is 0.0529. The third-order valence-electron chi connectivity index (χ3n) is 10.1. The summed E-state index contributed by atoms with van der Waals surface area (Å²) in [6, 6.07) is 12.7. The highest BCUT2D eigenvalue weighted by molar-refractivity contribution is 6.72. The second-order valence-corrected chi connectivity index (χ2v) is 17.5. The van der Waals surface area contributed by atoms with E-state index in [1.54, 1.807) is 46.0 Å². The molecule has 6 rings (SSSR count). The van der Waals surface area contributed by atoms with Crippen LogP contribution in [0.25, 0.3) is 0 Å². The minimum atomic E-state index is -3.46. The molecule has 44 heavy (non-hydrogen) atoms. The molecule has 1 N–H and O–H groups in total. The van der Waals surface area contributed by atoms with Gasteiger partial charge in [-0.3, -0.25) is 14.4 Å². The van der Waals surface area contributed by atoms with Crippen molar-refractivity contribution in [2.24, 2.45) is 5.92 Å². The lowest BCUT2D eigenvalue weighted by molar-refractivity contribution is -0.150. The molecule has 3 saturated heterocycles. The van der Waals surface area contributed by atoms with Crippen LogP contribution in [0.4, 0.5) is 15.5 Å². The van der Waals surface area contributed by atoms with Gasteiger partial charge < -0.3 is 28.7 Å². The van der Waals surface area contributed by atoms with Crippen molar-refractivity contribution in [3.05, 3.63) is 58.6 Å². The number of aliphatic hydroxyl groups is 1. The van der Waals surface area contributed by atoms with Crippen LogP contribution in [0.1, 0.15) is 56.6 Å². The van der Waals surface area contributed by atoms with Gasteiger partial charge in [-0.1, -0.05) is 30.7 Å². The third-order valence-corrected chi connectivity index (χ3v) is 12.8. The van der Waals surface area contributed by atoms with Crippen molar-refractivity contribution in [2.75, 3.05) is 29.5 Å². The van der Waals surface area contributed by atoms with Crippen molar-refractivity contribution in [1.29, 1.82) is 0 Å². The topological polar surface area (TPSA) is 90.4 Å². The number of hydrogen-bond acceptors (Lipinski definition) is 5. The molecule has 4 aliphatic rings. The summed E-state index contributed by atoms with van der Waals surface area (Å²) in [5.41, 5.74) is 0.791. The molecular formula is C33H41ClFN3O5Si. The molecule has 3 fully saturated rings. The summed E-state index contributed by atoms with van der Waals surface area (Å²) in [5, 5.41) is 10.2. The van der Waals surface area contributed by atoms with Gasteiger partial charge in [-0.25, -0.2) is 0 Å². The smallest absolute Gasteiger partial charge is 0.264 e. The third kappa shape index (κ3) is 5.27. The van der Waals surface area contributed by atoms with Crippen molar-refractivity contribution >= 4 is 49.1 Å². The zero-order chi connectivity index (χ0) is 31.4. The fraction of sp³-hybridized carbons (Fsp3) is 0.545. The zero-order valence-corrected chi connectivity index (χ0v) is 27.4. The number of aliphatic hydroxyl groups excluding tert-OH is 1. The highest BCUT2D eigenvalue weighted by Gasteiger charge is 2.67. The average molecular weight is 642 g/mol. The fourth-order valence-electron chi connectivity index (χ4n) is 8.10. The molecule has 0 unspecified atom stereocenters. The van der Waals surface area contributed by atoms with Crippen LogP contribution in [0, 0.1) is 5.92 Å². The molecule has 11 heteroatoms. The number of carbonyl (C=O) groups is 3. The number of nitrogens with zero attached hydrogens (tertiary/aromatic N) is 3. The number of likely N-dealkylation sites (tertiary alicyclic amines) is 1. The standard InChI is InChI=1S/C33H41ClFN3O5Si/c1-21-31(44(2,3)35)28(18-30(41)37-15-7-10-25(37)20-39)43-33(21)26-17-23(34)12-13-27(26)38(32(33)42)19-22-8-6-9-24(16-22)36-14-5-4-11-29(36)40/h6,8-9,12-13,16-17,21,25,28,31,39H,4-5,7,10-11,14-15,18-20H2,1-3H3/t21-,25-,28+,31-,33+/m0/s1. The second kappa shape index (κ2) is 11.9. The Balaban J connectivity index is 1.34. The minimum Gasteiger partial charge on any atom is -0.394 e. The van der Waals surface area contributed by atoms with E-state index in [0.29, 0.717) is 35.8 Å². The number of piperidine rings is 1. The monoisotopic (exact) mass is 641 g/mol. The normalized spacial score (nSPS) is 28.8. The quantitative estimate of drug-likeness (QED) is 0.316. The molecule has 4 heterocycles. The van der Waals surface area contributed by atoms with Gasteiger partial charge in [-0.05, 0) is 74.7 Å². The molecule has 236 valence electrons. The molecule has 0 radical (unpaired) electrons. The van der Waals surface area contributed by atoms with Crippen molar-refractivity contribution in [1.82, 2.24) is 4.90 Å². The first kappa shape index (κ1) is 31.2. The second-order valence-electron chi connectivity index (χ2n) is 13.3. The van der Waals surface area contributed by atoms with Gasteiger partial charge >= 0.3 is 0 Å². The molecule has 0 aromatic heterocycles. The molecule has 0 aliphatic carbocycles. The Hall–Kier alpha value is -2.79. The SMILES string of the molecule is C[C@H]1[C@H]([Si](C)(C)F)[C@@H](CC(=O)N2CCC[C@H]2CO)O[C@]12C(=O)N(Cc1cccc(N3CCCCC3=O)c1)c1ccc(Cl)cc12. The number of fused-ring (bicyclic) bond motifs is 2. The van der Waals surface area contributed by atoms with Crippen LogP contribution in [0.2, 0.25) is 23.7 Å². The van der Waals surface area contributed by atoms with Crippen molar-refractivity contribution in [3.8, 4) is 0 Å². The molecule has 0 bridgehead atoms. The van der Waals surface area contributed by atoms with E-state index in [1.807, 2.05) is 31.2 Å². The Morgan fingerprint density at radius 2 is 1.93 bits per heavy atom. The van der Waals surface area contributed by atoms with Gasteiger partial charge in [0, 0.05) is 47.2 Å². The number of rotatable bonds is 7. The molecule has 8 nitrogen and oxygen atoms in total. The first-order valence-electron chi connectivity index (χ1n) is 15.7. The van der Waals surface area contributed by atoms with Crippen LogP contribution in [0.5, 0.6) is 0 Å². The maximum atomic E-state index is 16.2. The summed E-state index contributed by atoms with van der Waals surface area (Å²) in [5.74, 6) is -0.932. The van der Waals surface area contributed by atoms with Gasteiger partial charge in [0.05, 0.1) is 37.4 Å². The van der Waals surface area contributed by atoms with Crippen molar-refractivity contribution in [3.63, 3.8) is 0 Å². The van der Waals surface area contributed by atoms with E-state index in [1.165, 1.54) is 0 Å². The summed E-state index contributed by atoms with van der Waals surface area (Å²) >= 11 is 6.50. The Bertz CT molecular complexity index is 1470. The van der Waals surface area contributed by atoms with E-state index in [0.717, 1.165) is 36.9 Å². The number of amides is 3. The zero-order valence-electron chi connectivity index (χ0n) is 25.6. The maximum Gasteiger partial charge on any atom is 0.264 e. The van der Waals surface area contributed by atoms with E-state index >= 15 is 4.11 Å². The number of benzene rings is 2. The molecule has 3 amide bonds. The summed E-state index contributed by atoms with van der Waals surface area (Å²) < 4.78 is 22.9. The summed E-state index contributed by atoms with van der Waals surface area (Å²) in [7, 11) is -3.46. The predicted octanol–water partition coefficient (Wildman–Crippen LogP) is 5.55. The Kier molecular flexibility index (Phi) is 8.41. The molecular weight excluding hydrogens is 601 g/mol. The number of hydrogen-bond donors (Lipinski definition) is 1. The largest absolute Gasteiger partial charge is 0.394 e. The van der Waals surface area contributed by atoms with Gasteiger partial charge in [0.25, 0.3) is 5.91 Å². The molecule has 2 aromatic carbocycles. The van der Waals surface area contributed by atoms with Crippen LogP contribution < -0.4 is 9.80 Å². The van der Waals surface area contributed by atoms with Crippen LogP contribution in [0.3, 0.4) is 0 Å². The van der Waals surface area contributed by atoms with E-state index < -0.39 is 31.6 Å². The first-order chi connectivity index (χ1) is 21.0. The highest BCUT2D eigenvalue weighted by Crippen LogP contribution is 2.60. The Morgan fingerprint density at radius 3 is 2.66 bits per heavy atom. The lowest BCUT2D eigenvalue weighted by Gasteiger charge is -2.31. The van der Waals surface area contributed by atoms with Gasteiger partial charge in [0.2, 0.25) is 20.2 Å². The fourth-order valence-corrected chi connectivity index (χ4v) is 10.8. The summed E-state index contributed by atoms with van der Waals surface area (Å²) in [4.78, 5) is 45.9. The molecule has 4 aliphatic heterocycles. The average Bonchev–Trinajstić information content (AvgIpc) is 3.64. The van der Waals surface area contributed by atoms with E-state index in [-0.39, 0.29) is 43.3 Å². The van der Waals surface area contributed by atoms with Crippen LogP contribution >= 0.6 is 11.6 Å². The maximum absolute atomic E-state index is 16.2. The predicted molar refractivity (Wildman–Crippen MR) is 170 cm³/mol. The number of carbonyl (C=O) groups excluding carboxylic acids is 3. The van der Waals surface area contributed by atoms with Crippen LogP contribution in [0.15, 0.2) is 42.5 Å². The number of anilines is 2. The van der Waals surface area contributed by atoms with E-state index in [2.05, 4.69) is 0 Å². The van der Waals surface area contributed by atoms with Crippen LogP contribution in [-0.4, -0.2) is 68.0 Å². The van der Waals surface area contributed by atoms with E-state index in [4.69, 9.17) is 16.3 Å². The molecule has 2 aromatic rings. The Labute approximate surface area is 264 Å². The molecule has 1 spiro atoms. The lowest BCUT2D eigenvalue weighted by Crippen LogP contribution is -2.45. The summed E-state index contributed by atoms with van der Waals surface area (Å²) in [6.07, 6.45) is 3.05. The van der Waals surface area contributed by atoms with Gasteiger partial charge in [0.1, 0.15) is 0 Å². The van der Waals surface area contributed by atoms with Gasteiger partial charge in [-0.15, -0.1) is 0 Å². The van der Waals surface area contributed by atoms with Gasteiger partial charge in [-0.2, -0.15) is 0 Å². The van der Waals surface area contributed by atoms with Crippen LogP contribution in [-0.2, 0) is 31.3 Å². The highest BCUT2D eigenvalue weighted by atomic mass is 35.5. The Morgan fingerprint density at radius 1 is 1.14 bits per heavy atom. The number of ether oxygens (including phenoxy) is 1. The lowest BCUT2D eigenvalue weighted by atomic mass is 9.82. The van der Waals surface area contributed by atoms with Crippen molar-refractivity contribution < 1.29 is 28.3 Å². The van der Waals surface area contributed by atoms with Crippen molar-refractivity contribution in [2.45, 2.75) is 88.4 Å². The van der Waals surface area contributed by atoms with E-state index in [9.17, 15) is 19.5 Å². The molecule has 0 saturated carbocycles. The first-order valence-corrected chi connectivity index (χ1v) is 19.1. The van der Waals surface area contributed by atoms with Gasteiger partial charge in [0.15, 0.2) is 5.60 Å². The molecule has 5 atom stereocenters. The summed E-state index contributed by atoms with van der Waals surface area (Å²) in [6.45, 7) is 6.43. The number of halogens is 2.